The fourth-order valence-corrected chi connectivity index (χ4v) is 1.92. The Hall–Kier alpha value is -1.42. The molecule has 1 aromatic carbocycles. The van der Waals surface area contributed by atoms with E-state index in [-0.39, 0.29) is 11.9 Å². The number of ether oxygens (including phenoxy) is 2. The first-order chi connectivity index (χ1) is 8.61. The van der Waals surface area contributed by atoms with Gasteiger partial charge in [0.1, 0.15) is 13.2 Å². The Bertz CT molecular complexity index is 462. The van der Waals surface area contributed by atoms with Crippen LogP contribution in [-0.2, 0) is 0 Å². The van der Waals surface area contributed by atoms with Gasteiger partial charge in [0.05, 0.1) is 5.02 Å². The lowest BCUT2D eigenvalue weighted by atomic mass is 10.1. The molecular weight excluding hydrogens is 254 g/mol. The van der Waals surface area contributed by atoms with Gasteiger partial charge in [-0.05, 0) is 25.5 Å². The highest BCUT2D eigenvalue weighted by Gasteiger charge is 2.19. The van der Waals surface area contributed by atoms with Crippen molar-refractivity contribution in [3.8, 4) is 11.5 Å². The van der Waals surface area contributed by atoms with Crippen molar-refractivity contribution in [2.45, 2.75) is 26.3 Å². The molecule has 18 heavy (non-hydrogen) atoms. The van der Waals surface area contributed by atoms with Gasteiger partial charge in [0.15, 0.2) is 11.5 Å². The Balaban J connectivity index is 2.24. The number of benzene rings is 1. The van der Waals surface area contributed by atoms with Gasteiger partial charge in [-0.1, -0.05) is 18.5 Å². The van der Waals surface area contributed by atoms with Crippen LogP contribution in [0.15, 0.2) is 12.1 Å². The highest BCUT2D eigenvalue weighted by Crippen LogP contribution is 2.38. The number of rotatable bonds is 3. The average molecular weight is 270 g/mol. The highest BCUT2D eigenvalue weighted by molar-refractivity contribution is 6.32. The molecule has 0 unspecified atom stereocenters. The molecule has 0 spiro atoms. The van der Waals surface area contributed by atoms with Gasteiger partial charge >= 0.3 is 0 Å². The third-order valence-electron chi connectivity index (χ3n) is 2.85. The third kappa shape index (κ3) is 2.70. The zero-order chi connectivity index (χ0) is 13.1. The van der Waals surface area contributed by atoms with Crippen LogP contribution in [0, 0.1) is 0 Å². The number of carbonyl (C=O) groups is 1. The van der Waals surface area contributed by atoms with Crippen LogP contribution < -0.4 is 14.8 Å². The van der Waals surface area contributed by atoms with Crippen LogP contribution in [0.4, 0.5) is 0 Å². The molecular formula is C13H16ClNO3. The smallest absolute Gasteiger partial charge is 0.251 e. The summed E-state index contributed by atoms with van der Waals surface area (Å²) >= 11 is 6.08. The quantitative estimate of drug-likeness (QED) is 0.918. The van der Waals surface area contributed by atoms with Crippen molar-refractivity contribution in [2.24, 2.45) is 0 Å². The van der Waals surface area contributed by atoms with E-state index in [9.17, 15) is 4.79 Å². The van der Waals surface area contributed by atoms with E-state index in [1.165, 1.54) is 0 Å². The second kappa shape index (κ2) is 5.48. The van der Waals surface area contributed by atoms with E-state index in [4.69, 9.17) is 21.1 Å². The minimum Gasteiger partial charge on any atom is -0.486 e. The van der Waals surface area contributed by atoms with E-state index in [2.05, 4.69) is 5.32 Å². The van der Waals surface area contributed by atoms with E-state index in [1.807, 2.05) is 13.8 Å². The molecule has 0 bridgehead atoms. The van der Waals surface area contributed by atoms with Crippen LogP contribution in [0.5, 0.6) is 11.5 Å². The monoisotopic (exact) mass is 269 g/mol. The number of halogens is 1. The van der Waals surface area contributed by atoms with Crippen molar-refractivity contribution >= 4 is 17.5 Å². The molecule has 1 aliphatic heterocycles. The Labute approximate surface area is 111 Å². The number of carbonyl (C=O) groups excluding carboxylic acids is 1. The molecule has 5 heteroatoms. The van der Waals surface area contributed by atoms with Crippen molar-refractivity contribution in [1.82, 2.24) is 5.32 Å². The van der Waals surface area contributed by atoms with Crippen LogP contribution in [0.3, 0.4) is 0 Å². The molecule has 1 N–H and O–H groups in total. The molecule has 0 saturated carbocycles. The summed E-state index contributed by atoms with van der Waals surface area (Å²) in [6, 6.07) is 3.40. The van der Waals surface area contributed by atoms with Gasteiger partial charge in [0, 0.05) is 11.6 Å². The Morgan fingerprint density at radius 1 is 1.44 bits per heavy atom. The lowest BCUT2D eigenvalue weighted by Gasteiger charge is -2.20. The van der Waals surface area contributed by atoms with Gasteiger partial charge in [-0.15, -0.1) is 0 Å². The summed E-state index contributed by atoms with van der Waals surface area (Å²) in [5.74, 6) is 0.897. The minimum absolute atomic E-state index is 0.129. The number of fused-ring (bicyclic) bond motifs is 1. The first-order valence-corrected chi connectivity index (χ1v) is 6.39. The first kappa shape index (κ1) is 13.0. The number of hydrogen-bond donors (Lipinski definition) is 1. The van der Waals surface area contributed by atoms with Crippen molar-refractivity contribution in [1.29, 1.82) is 0 Å². The summed E-state index contributed by atoms with van der Waals surface area (Å²) in [7, 11) is 0. The summed E-state index contributed by atoms with van der Waals surface area (Å²) in [5.41, 5.74) is 0.490. The van der Waals surface area contributed by atoms with Crippen molar-refractivity contribution in [2.75, 3.05) is 13.2 Å². The maximum absolute atomic E-state index is 12.0. The topological polar surface area (TPSA) is 47.6 Å². The SMILES string of the molecule is CC[C@H](C)NC(=O)c1cc(Cl)c2c(c1)OCCO2. The van der Waals surface area contributed by atoms with E-state index < -0.39 is 0 Å². The van der Waals surface area contributed by atoms with Gasteiger partial charge in [-0.2, -0.15) is 0 Å². The average Bonchev–Trinajstić information content (AvgIpc) is 2.38. The second-order valence-electron chi connectivity index (χ2n) is 4.27. The normalized spacial score (nSPS) is 15.1. The van der Waals surface area contributed by atoms with Gasteiger partial charge < -0.3 is 14.8 Å². The predicted octanol–water partition coefficient (Wildman–Crippen LogP) is 2.64. The molecule has 98 valence electrons. The first-order valence-electron chi connectivity index (χ1n) is 6.01. The Kier molecular flexibility index (Phi) is 3.97. The molecule has 0 fully saturated rings. The second-order valence-corrected chi connectivity index (χ2v) is 4.67. The molecule has 0 radical (unpaired) electrons. The predicted molar refractivity (Wildman–Crippen MR) is 69.7 cm³/mol. The van der Waals surface area contributed by atoms with Crippen LogP contribution in [0.2, 0.25) is 5.02 Å². The largest absolute Gasteiger partial charge is 0.486 e. The lowest BCUT2D eigenvalue weighted by molar-refractivity contribution is 0.0938. The summed E-state index contributed by atoms with van der Waals surface area (Å²) < 4.78 is 10.8. The minimum atomic E-state index is -0.150. The maximum Gasteiger partial charge on any atom is 0.251 e. The lowest BCUT2D eigenvalue weighted by Crippen LogP contribution is -2.32. The zero-order valence-corrected chi connectivity index (χ0v) is 11.2. The summed E-state index contributed by atoms with van der Waals surface area (Å²) in [4.78, 5) is 12.0. The molecule has 1 aliphatic rings. The van der Waals surface area contributed by atoms with Gasteiger partial charge in [-0.25, -0.2) is 0 Å². The van der Waals surface area contributed by atoms with Crippen LogP contribution in [-0.4, -0.2) is 25.2 Å². The maximum atomic E-state index is 12.0. The van der Waals surface area contributed by atoms with E-state index in [0.29, 0.717) is 35.3 Å². The van der Waals surface area contributed by atoms with Crippen LogP contribution in [0.1, 0.15) is 30.6 Å². The van der Waals surface area contributed by atoms with Crippen molar-refractivity contribution in [3.63, 3.8) is 0 Å². The molecule has 0 aromatic heterocycles. The summed E-state index contributed by atoms with van der Waals surface area (Å²) in [5, 5.41) is 3.29. The van der Waals surface area contributed by atoms with Crippen LogP contribution in [0.25, 0.3) is 0 Å². The van der Waals surface area contributed by atoms with Crippen molar-refractivity contribution < 1.29 is 14.3 Å². The number of amides is 1. The van der Waals surface area contributed by atoms with Gasteiger partial charge in [0.2, 0.25) is 0 Å². The van der Waals surface area contributed by atoms with E-state index in [1.54, 1.807) is 12.1 Å². The number of hydrogen-bond acceptors (Lipinski definition) is 3. The summed E-state index contributed by atoms with van der Waals surface area (Å²) in [6.07, 6.45) is 0.879. The Morgan fingerprint density at radius 2 is 2.17 bits per heavy atom. The molecule has 2 rings (SSSR count). The van der Waals surface area contributed by atoms with Gasteiger partial charge in [-0.3, -0.25) is 4.79 Å². The fraction of sp³-hybridized carbons (Fsp3) is 0.462. The van der Waals surface area contributed by atoms with Crippen molar-refractivity contribution in [3.05, 3.63) is 22.7 Å². The molecule has 1 atom stereocenters. The molecule has 0 saturated heterocycles. The van der Waals surface area contributed by atoms with Crippen LogP contribution >= 0.6 is 11.6 Å². The fourth-order valence-electron chi connectivity index (χ4n) is 1.65. The highest BCUT2D eigenvalue weighted by atomic mass is 35.5. The van der Waals surface area contributed by atoms with E-state index >= 15 is 0 Å². The van der Waals surface area contributed by atoms with E-state index in [0.717, 1.165) is 6.42 Å². The number of nitrogens with one attached hydrogen (secondary N) is 1. The third-order valence-corrected chi connectivity index (χ3v) is 3.13. The standard InChI is InChI=1S/C13H16ClNO3/c1-3-8(2)15-13(16)9-6-10(14)12-11(7-9)17-4-5-18-12/h6-8H,3-5H2,1-2H3,(H,15,16)/t8-/m0/s1. The zero-order valence-electron chi connectivity index (χ0n) is 10.5. The summed E-state index contributed by atoms with van der Waals surface area (Å²) in [6.45, 7) is 4.92. The molecule has 1 aromatic rings. The molecule has 0 aliphatic carbocycles. The van der Waals surface area contributed by atoms with Gasteiger partial charge in [0.25, 0.3) is 5.91 Å². The Morgan fingerprint density at radius 3 is 2.89 bits per heavy atom. The molecule has 4 nitrogen and oxygen atoms in total. The molecule has 1 amide bonds. The molecule has 1 heterocycles.